The number of anilines is 1. The number of nitrogens with zero attached hydrogens (tertiary/aromatic N) is 3. The highest BCUT2D eigenvalue weighted by molar-refractivity contribution is 5.92. The molecule has 0 saturated carbocycles. The normalized spacial score (nSPS) is 16.9. The molecule has 142 valence electrons. The van der Waals surface area contributed by atoms with Gasteiger partial charge in [0.25, 0.3) is 5.56 Å². The Hall–Kier alpha value is -3.23. The minimum Gasteiger partial charge on any atom is -0.466 e. The molecule has 2 aromatic heterocycles. The summed E-state index contributed by atoms with van der Waals surface area (Å²) in [6, 6.07) is 2.56. The van der Waals surface area contributed by atoms with Crippen LogP contribution in [0.2, 0.25) is 0 Å². The van der Waals surface area contributed by atoms with E-state index in [-0.39, 0.29) is 30.3 Å². The van der Waals surface area contributed by atoms with E-state index in [4.69, 9.17) is 4.74 Å². The van der Waals surface area contributed by atoms with Crippen molar-refractivity contribution in [2.45, 2.75) is 26.3 Å². The molecule has 1 aliphatic rings. The van der Waals surface area contributed by atoms with Crippen LogP contribution in [0.5, 0.6) is 0 Å². The lowest BCUT2D eigenvalue weighted by atomic mass is 10.1. The van der Waals surface area contributed by atoms with Crippen molar-refractivity contribution >= 4 is 29.6 Å². The second-order valence-electron chi connectivity index (χ2n) is 6.22. The molecule has 0 spiro atoms. The molecule has 1 aliphatic heterocycles. The van der Waals surface area contributed by atoms with Crippen LogP contribution >= 0.6 is 0 Å². The van der Waals surface area contributed by atoms with Crippen LogP contribution in [0.4, 0.5) is 5.82 Å². The Morgan fingerprint density at radius 2 is 2.19 bits per heavy atom. The molecule has 2 aromatic rings. The molecule has 1 saturated heterocycles. The lowest BCUT2D eigenvalue weighted by Crippen LogP contribution is -2.57. The first-order valence-electron chi connectivity index (χ1n) is 8.64. The molecule has 1 amide bonds. The largest absolute Gasteiger partial charge is 0.466 e. The number of nitrogens with one attached hydrogen (secondary N) is 1. The van der Waals surface area contributed by atoms with E-state index in [2.05, 4.69) is 10.3 Å². The Labute approximate surface area is 154 Å². The number of fused-ring (bicyclic) bond motifs is 1. The second kappa shape index (κ2) is 7.56. The van der Waals surface area contributed by atoms with Gasteiger partial charge in [0.05, 0.1) is 13.0 Å². The molecule has 1 N–H and O–H groups in total. The molecular weight excluding hydrogens is 352 g/mol. The first-order valence-corrected chi connectivity index (χ1v) is 8.64. The van der Waals surface area contributed by atoms with Gasteiger partial charge in [0.1, 0.15) is 23.1 Å². The number of hydrogen-bond acceptors (Lipinski definition) is 7. The van der Waals surface area contributed by atoms with Gasteiger partial charge in [-0.15, -0.1) is 0 Å². The summed E-state index contributed by atoms with van der Waals surface area (Å²) in [4.78, 5) is 54.7. The maximum atomic E-state index is 12.8. The van der Waals surface area contributed by atoms with Gasteiger partial charge in [0, 0.05) is 19.3 Å². The first-order chi connectivity index (χ1) is 13.0. The fourth-order valence-corrected chi connectivity index (χ4v) is 3.12. The van der Waals surface area contributed by atoms with Crippen LogP contribution in [0.1, 0.15) is 29.3 Å². The first kappa shape index (κ1) is 18.6. The number of pyridine rings is 1. The van der Waals surface area contributed by atoms with E-state index in [1.807, 2.05) is 6.92 Å². The van der Waals surface area contributed by atoms with E-state index in [0.29, 0.717) is 25.0 Å². The molecule has 1 fully saturated rings. The van der Waals surface area contributed by atoms with Gasteiger partial charge in [-0.2, -0.15) is 0 Å². The van der Waals surface area contributed by atoms with Gasteiger partial charge in [0.2, 0.25) is 5.91 Å². The average molecular weight is 372 g/mol. The second-order valence-corrected chi connectivity index (χ2v) is 6.22. The summed E-state index contributed by atoms with van der Waals surface area (Å²) in [7, 11) is 0. The van der Waals surface area contributed by atoms with E-state index in [1.165, 1.54) is 9.30 Å². The summed E-state index contributed by atoms with van der Waals surface area (Å²) in [6.45, 7) is 4.32. The molecule has 0 unspecified atom stereocenters. The topological polar surface area (TPSA) is 110 Å². The number of ether oxygens (including phenoxy) is 1. The van der Waals surface area contributed by atoms with Crippen LogP contribution in [0, 0.1) is 6.92 Å². The van der Waals surface area contributed by atoms with Gasteiger partial charge in [-0.3, -0.25) is 23.6 Å². The smallest absolute Gasteiger partial charge is 0.308 e. The maximum absolute atomic E-state index is 12.8. The summed E-state index contributed by atoms with van der Waals surface area (Å²) in [5, 5.41) is 2.69. The summed E-state index contributed by atoms with van der Waals surface area (Å²) < 4.78 is 6.24. The number of aromatic nitrogens is 2. The van der Waals surface area contributed by atoms with Crippen molar-refractivity contribution in [3.05, 3.63) is 39.8 Å². The van der Waals surface area contributed by atoms with Crippen molar-refractivity contribution in [3.8, 4) is 0 Å². The summed E-state index contributed by atoms with van der Waals surface area (Å²) in [6.07, 6.45) is 1.83. The minimum absolute atomic E-state index is 0.100. The van der Waals surface area contributed by atoms with Crippen molar-refractivity contribution in [1.29, 1.82) is 0 Å². The zero-order valence-corrected chi connectivity index (χ0v) is 15.1. The summed E-state index contributed by atoms with van der Waals surface area (Å²) in [5.41, 5.74) is 0.525. The predicted molar refractivity (Wildman–Crippen MR) is 97.0 cm³/mol. The van der Waals surface area contributed by atoms with Gasteiger partial charge in [-0.05, 0) is 25.5 Å². The van der Waals surface area contributed by atoms with Crippen molar-refractivity contribution in [2.75, 3.05) is 24.6 Å². The number of aryl methyl sites for hydroxylation is 1. The van der Waals surface area contributed by atoms with E-state index in [0.717, 1.165) is 5.56 Å². The van der Waals surface area contributed by atoms with Gasteiger partial charge >= 0.3 is 5.97 Å². The molecule has 9 heteroatoms. The zero-order valence-electron chi connectivity index (χ0n) is 15.1. The maximum Gasteiger partial charge on any atom is 0.308 e. The number of esters is 1. The number of amides is 1. The quantitative estimate of drug-likeness (QED) is 0.584. The molecule has 0 aliphatic carbocycles. The number of carbonyl (C=O) groups is 3. The van der Waals surface area contributed by atoms with Crippen molar-refractivity contribution < 1.29 is 19.1 Å². The molecule has 1 atom stereocenters. The molecule has 3 heterocycles. The number of hydrogen-bond donors (Lipinski definition) is 1. The van der Waals surface area contributed by atoms with E-state index < -0.39 is 17.6 Å². The fraction of sp³-hybridized carbons (Fsp3) is 0.389. The molecule has 3 rings (SSSR count). The number of aldehydes is 1. The van der Waals surface area contributed by atoms with Crippen molar-refractivity contribution in [1.82, 2.24) is 14.7 Å². The standard InChI is InChI=1S/C18H20N4O5/c1-3-27-15(24)8-13-17(25)19-6-7-21(13)16-12(10-23)18(26)22-9-11(2)4-5-14(22)20-16/h4-5,9-10,13H,3,6-8H2,1-2H3,(H,19,25)/t13-/m1/s1. The van der Waals surface area contributed by atoms with Crippen molar-refractivity contribution in [2.24, 2.45) is 0 Å². The van der Waals surface area contributed by atoms with Gasteiger partial charge in [-0.1, -0.05) is 6.07 Å². The van der Waals surface area contributed by atoms with Crippen molar-refractivity contribution in [3.63, 3.8) is 0 Å². The zero-order chi connectivity index (χ0) is 19.6. The van der Waals surface area contributed by atoms with Crippen LogP contribution in [-0.2, 0) is 14.3 Å². The Morgan fingerprint density at radius 1 is 1.41 bits per heavy atom. The molecule has 0 bridgehead atoms. The number of carbonyl (C=O) groups excluding carboxylic acids is 3. The SMILES string of the molecule is CCOC(=O)C[C@@H]1C(=O)NCCN1c1nc2ccc(C)cn2c(=O)c1C=O. The fourth-order valence-electron chi connectivity index (χ4n) is 3.12. The molecule has 0 radical (unpaired) electrons. The lowest BCUT2D eigenvalue weighted by Gasteiger charge is -2.35. The Kier molecular flexibility index (Phi) is 5.20. The van der Waals surface area contributed by atoms with Gasteiger partial charge in [0.15, 0.2) is 6.29 Å². The highest BCUT2D eigenvalue weighted by Crippen LogP contribution is 2.21. The highest BCUT2D eigenvalue weighted by atomic mass is 16.5. The monoisotopic (exact) mass is 372 g/mol. The number of rotatable bonds is 5. The lowest BCUT2D eigenvalue weighted by molar-refractivity contribution is -0.145. The minimum atomic E-state index is -0.906. The Bertz CT molecular complexity index is 968. The highest BCUT2D eigenvalue weighted by Gasteiger charge is 2.35. The van der Waals surface area contributed by atoms with Gasteiger partial charge < -0.3 is 15.0 Å². The third-order valence-corrected chi connectivity index (χ3v) is 4.37. The Balaban J connectivity index is 2.11. The average Bonchev–Trinajstić information content (AvgIpc) is 2.64. The van der Waals surface area contributed by atoms with E-state index in [9.17, 15) is 19.2 Å². The summed E-state index contributed by atoms with van der Waals surface area (Å²) in [5.74, 6) is -0.814. The third kappa shape index (κ3) is 3.53. The summed E-state index contributed by atoms with van der Waals surface area (Å²) >= 11 is 0. The van der Waals surface area contributed by atoms with Crippen LogP contribution in [0.25, 0.3) is 5.65 Å². The van der Waals surface area contributed by atoms with Crippen LogP contribution in [0.3, 0.4) is 0 Å². The van der Waals surface area contributed by atoms with Gasteiger partial charge in [-0.25, -0.2) is 4.98 Å². The molecule has 27 heavy (non-hydrogen) atoms. The number of piperazine rings is 1. The van der Waals surface area contributed by atoms with E-state index >= 15 is 0 Å². The third-order valence-electron chi connectivity index (χ3n) is 4.37. The van der Waals surface area contributed by atoms with Crippen LogP contribution < -0.4 is 15.8 Å². The Morgan fingerprint density at radius 3 is 2.89 bits per heavy atom. The molecular formula is C18H20N4O5. The molecule has 0 aromatic carbocycles. The van der Waals surface area contributed by atoms with Crippen LogP contribution in [-0.4, -0.2) is 53.3 Å². The molecule has 9 nitrogen and oxygen atoms in total. The van der Waals surface area contributed by atoms with Crippen LogP contribution in [0.15, 0.2) is 23.1 Å². The van der Waals surface area contributed by atoms with E-state index in [1.54, 1.807) is 25.3 Å². The predicted octanol–water partition coefficient (Wildman–Crippen LogP) is 0.0734.